The van der Waals surface area contributed by atoms with Crippen LogP contribution in [0, 0.1) is 0 Å². The number of halogens is 3. The number of carbonyl (C=O) groups is 1. The Balaban J connectivity index is 2.64. The largest absolute Gasteiger partial charge is 0.478 e. The number of aromatic carboxylic acids is 1. The third kappa shape index (κ3) is 2.99. The molecule has 21 heavy (non-hydrogen) atoms. The summed E-state index contributed by atoms with van der Waals surface area (Å²) in [6, 6.07) is 3.70. The van der Waals surface area contributed by atoms with Gasteiger partial charge >= 0.3 is 12.1 Å². The molecule has 0 spiro atoms. The fraction of sp³-hybridized carbons (Fsp3) is 0.385. The fourth-order valence-corrected chi connectivity index (χ4v) is 2.00. The number of rotatable bonds is 4. The van der Waals surface area contributed by atoms with Crippen molar-refractivity contribution < 1.29 is 27.8 Å². The summed E-state index contributed by atoms with van der Waals surface area (Å²) in [7, 11) is 1.40. The summed E-state index contributed by atoms with van der Waals surface area (Å²) in [5, 5.41) is 8.89. The first kappa shape index (κ1) is 15.3. The number of methoxy groups -OCH3 is 1. The number of nitrogens with zero attached hydrogens (tertiary/aromatic N) is 2. The second-order valence-corrected chi connectivity index (χ2v) is 4.60. The van der Waals surface area contributed by atoms with Gasteiger partial charge in [0.25, 0.3) is 0 Å². The average Bonchev–Trinajstić information content (AvgIpc) is 2.76. The summed E-state index contributed by atoms with van der Waals surface area (Å²) in [5.41, 5.74) is 0.0995. The summed E-state index contributed by atoms with van der Waals surface area (Å²) in [4.78, 5) is 14.4. The standard InChI is InChI=1S/C13H13F3N2O3/c1-7(21-2)6-18-10-4-3-8(11(19)20)5-9(10)17-12(18)13(14,15)16/h3-5,7H,6H2,1-2H3,(H,19,20). The number of benzene rings is 1. The third-order valence-corrected chi connectivity index (χ3v) is 3.09. The Hall–Kier alpha value is -2.09. The number of hydrogen-bond acceptors (Lipinski definition) is 3. The number of imidazole rings is 1. The van der Waals surface area contributed by atoms with Crippen LogP contribution in [0.4, 0.5) is 13.2 Å². The molecule has 0 aliphatic carbocycles. The zero-order valence-corrected chi connectivity index (χ0v) is 11.3. The molecule has 8 heteroatoms. The lowest BCUT2D eigenvalue weighted by Crippen LogP contribution is -2.21. The van der Waals surface area contributed by atoms with Crippen molar-refractivity contribution in [2.45, 2.75) is 25.7 Å². The van der Waals surface area contributed by atoms with Crippen molar-refractivity contribution in [3.63, 3.8) is 0 Å². The molecule has 1 atom stereocenters. The monoisotopic (exact) mass is 302 g/mol. The van der Waals surface area contributed by atoms with E-state index in [-0.39, 0.29) is 23.1 Å². The molecule has 5 nitrogen and oxygen atoms in total. The van der Waals surface area contributed by atoms with Crippen LogP contribution in [0.15, 0.2) is 18.2 Å². The molecule has 0 fully saturated rings. The van der Waals surface area contributed by atoms with Gasteiger partial charge in [0.05, 0.1) is 29.2 Å². The lowest BCUT2D eigenvalue weighted by molar-refractivity contribution is -0.147. The smallest absolute Gasteiger partial charge is 0.449 e. The molecule has 114 valence electrons. The molecule has 2 aromatic rings. The van der Waals surface area contributed by atoms with E-state index >= 15 is 0 Å². The van der Waals surface area contributed by atoms with Gasteiger partial charge in [-0.05, 0) is 25.1 Å². The lowest BCUT2D eigenvalue weighted by atomic mass is 10.2. The van der Waals surface area contributed by atoms with Gasteiger partial charge in [0.15, 0.2) is 0 Å². The van der Waals surface area contributed by atoms with Crippen LogP contribution >= 0.6 is 0 Å². The van der Waals surface area contributed by atoms with Gasteiger partial charge < -0.3 is 14.4 Å². The van der Waals surface area contributed by atoms with Crippen LogP contribution in [-0.2, 0) is 17.5 Å². The van der Waals surface area contributed by atoms with E-state index in [1.165, 1.54) is 19.2 Å². The summed E-state index contributed by atoms with van der Waals surface area (Å²) in [6.45, 7) is 1.60. The van der Waals surface area contributed by atoms with Crippen molar-refractivity contribution in [1.82, 2.24) is 9.55 Å². The van der Waals surface area contributed by atoms with Crippen molar-refractivity contribution in [3.8, 4) is 0 Å². The molecular weight excluding hydrogens is 289 g/mol. The Labute approximate surface area is 118 Å². The molecule has 1 aromatic carbocycles. The number of aromatic nitrogens is 2. The minimum absolute atomic E-state index is 0.00877. The SMILES string of the molecule is COC(C)Cn1c(C(F)(F)F)nc2cc(C(=O)O)ccc21. The van der Waals surface area contributed by atoms with Gasteiger partial charge in [-0.25, -0.2) is 9.78 Å². The highest BCUT2D eigenvalue weighted by Gasteiger charge is 2.38. The second-order valence-electron chi connectivity index (χ2n) is 4.60. The Morgan fingerprint density at radius 3 is 2.67 bits per heavy atom. The van der Waals surface area contributed by atoms with Crippen molar-refractivity contribution in [2.75, 3.05) is 7.11 Å². The van der Waals surface area contributed by atoms with Gasteiger partial charge in [-0.1, -0.05) is 0 Å². The molecule has 0 amide bonds. The molecule has 0 bridgehead atoms. The van der Waals surface area contributed by atoms with E-state index in [1.807, 2.05) is 0 Å². The highest BCUT2D eigenvalue weighted by molar-refractivity contribution is 5.92. The van der Waals surface area contributed by atoms with Crippen LogP contribution in [0.3, 0.4) is 0 Å². The molecule has 0 aliphatic rings. The van der Waals surface area contributed by atoms with E-state index in [4.69, 9.17) is 9.84 Å². The van der Waals surface area contributed by atoms with Gasteiger partial charge in [0, 0.05) is 7.11 Å². The van der Waals surface area contributed by atoms with Crippen LogP contribution < -0.4 is 0 Å². The minimum atomic E-state index is -4.63. The molecule has 0 saturated heterocycles. The Bertz CT molecular complexity index is 679. The van der Waals surface area contributed by atoms with Crippen LogP contribution in [-0.4, -0.2) is 33.8 Å². The summed E-state index contributed by atoms with van der Waals surface area (Å²) in [5.74, 6) is -2.28. The maximum atomic E-state index is 13.1. The molecule has 1 N–H and O–H groups in total. The van der Waals surface area contributed by atoms with Crippen LogP contribution in [0.2, 0.25) is 0 Å². The molecular formula is C13H13F3N2O3. The van der Waals surface area contributed by atoms with Gasteiger partial charge in [-0.3, -0.25) is 0 Å². The maximum Gasteiger partial charge on any atom is 0.449 e. The molecule has 1 aromatic heterocycles. The van der Waals surface area contributed by atoms with Gasteiger partial charge in [0.1, 0.15) is 0 Å². The van der Waals surface area contributed by atoms with Gasteiger partial charge in [-0.2, -0.15) is 13.2 Å². The van der Waals surface area contributed by atoms with E-state index in [2.05, 4.69) is 4.98 Å². The van der Waals surface area contributed by atoms with E-state index in [0.29, 0.717) is 0 Å². The Kier molecular flexibility index (Phi) is 3.91. The number of fused-ring (bicyclic) bond motifs is 1. The predicted octanol–water partition coefficient (Wildman–Crippen LogP) is 2.79. The van der Waals surface area contributed by atoms with E-state index < -0.39 is 24.1 Å². The molecule has 1 unspecified atom stereocenters. The fourth-order valence-electron chi connectivity index (χ4n) is 2.00. The number of ether oxygens (including phenoxy) is 1. The highest BCUT2D eigenvalue weighted by atomic mass is 19.4. The van der Waals surface area contributed by atoms with Crippen molar-refractivity contribution in [1.29, 1.82) is 0 Å². The first-order chi connectivity index (χ1) is 9.74. The number of carboxylic acids is 1. The predicted molar refractivity (Wildman–Crippen MR) is 68.2 cm³/mol. The molecule has 2 rings (SSSR count). The van der Waals surface area contributed by atoms with Crippen molar-refractivity contribution in [2.24, 2.45) is 0 Å². The Morgan fingerprint density at radius 2 is 2.14 bits per heavy atom. The van der Waals surface area contributed by atoms with E-state index in [9.17, 15) is 18.0 Å². The van der Waals surface area contributed by atoms with Crippen molar-refractivity contribution in [3.05, 3.63) is 29.6 Å². The summed E-state index contributed by atoms with van der Waals surface area (Å²) >= 11 is 0. The minimum Gasteiger partial charge on any atom is -0.478 e. The van der Waals surface area contributed by atoms with E-state index in [1.54, 1.807) is 6.92 Å². The third-order valence-electron chi connectivity index (χ3n) is 3.09. The second kappa shape index (κ2) is 5.36. The van der Waals surface area contributed by atoms with Gasteiger partial charge in [0.2, 0.25) is 5.82 Å². The van der Waals surface area contributed by atoms with Crippen molar-refractivity contribution >= 4 is 17.0 Å². The van der Waals surface area contributed by atoms with Gasteiger partial charge in [-0.15, -0.1) is 0 Å². The summed E-state index contributed by atoms with van der Waals surface area (Å²) < 4.78 is 45.2. The number of carboxylic acid groups (broad SMARTS) is 1. The molecule has 0 saturated carbocycles. The zero-order chi connectivity index (χ0) is 15.8. The number of hydrogen-bond donors (Lipinski definition) is 1. The van der Waals surface area contributed by atoms with Crippen LogP contribution in [0.1, 0.15) is 23.1 Å². The molecule has 1 heterocycles. The highest BCUT2D eigenvalue weighted by Crippen LogP contribution is 2.32. The Morgan fingerprint density at radius 1 is 1.48 bits per heavy atom. The topological polar surface area (TPSA) is 64.4 Å². The summed E-state index contributed by atoms with van der Waals surface area (Å²) in [6.07, 6.45) is -5.07. The quantitative estimate of drug-likeness (QED) is 0.943. The normalized spacial score (nSPS) is 13.6. The molecule has 0 aliphatic heterocycles. The van der Waals surface area contributed by atoms with Crippen LogP contribution in [0.5, 0.6) is 0 Å². The van der Waals surface area contributed by atoms with E-state index in [0.717, 1.165) is 10.6 Å². The first-order valence-electron chi connectivity index (χ1n) is 6.07. The zero-order valence-electron chi connectivity index (χ0n) is 11.3. The van der Waals surface area contributed by atoms with Crippen LogP contribution in [0.25, 0.3) is 11.0 Å². The lowest BCUT2D eigenvalue weighted by Gasteiger charge is -2.15. The first-order valence-corrected chi connectivity index (χ1v) is 6.07. The average molecular weight is 302 g/mol. The maximum absolute atomic E-state index is 13.1. The molecule has 0 radical (unpaired) electrons. The number of alkyl halides is 3.